The van der Waals surface area contributed by atoms with E-state index in [4.69, 9.17) is 0 Å². The molecule has 74 valence electrons. The van der Waals surface area contributed by atoms with Gasteiger partial charge < -0.3 is 0 Å². The fourth-order valence-electron chi connectivity index (χ4n) is 1.31. The summed E-state index contributed by atoms with van der Waals surface area (Å²) in [7, 11) is 0. The van der Waals surface area contributed by atoms with Crippen molar-refractivity contribution in [1.29, 1.82) is 0 Å². The summed E-state index contributed by atoms with van der Waals surface area (Å²) in [6.45, 7) is 9.12. The Morgan fingerprint density at radius 2 is 2.15 bits per heavy atom. The molecule has 0 amide bonds. The third kappa shape index (κ3) is 3.11. The topological polar surface area (TPSA) is 12.9 Å². The van der Waals surface area contributed by atoms with Gasteiger partial charge in [-0.3, -0.25) is 0 Å². The molecule has 0 unspecified atom stereocenters. The Balaban J connectivity index is 2.56. The van der Waals surface area contributed by atoms with Crippen LogP contribution in [-0.4, -0.2) is 4.98 Å². The maximum Gasteiger partial charge on any atom is 0.0981 e. The normalized spacial score (nSPS) is 12.4. The average molecular weight is 197 g/mol. The molecule has 0 aliphatic carbocycles. The van der Waals surface area contributed by atoms with Crippen molar-refractivity contribution >= 4 is 11.3 Å². The van der Waals surface area contributed by atoms with Crippen molar-refractivity contribution in [2.75, 3.05) is 0 Å². The van der Waals surface area contributed by atoms with Gasteiger partial charge >= 0.3 is 0 Å². The molecule has 0 aliphatic rings. The molecule has 1 aromatic heterocycles. The van der Waals surface area contributed by atoms with Crippen LogP contribution >= 0.6 is 11.3 Å². The second-order valence-electron chi connectivity index (χ2n) is 4.65. The van der Waals surface area contributed by atoms with E-state index in [0.29, 0.717) is 0 Å². The lowest BCUT2D eigenvalue weighted by Crippen LogP contribution is -2.17. The van der Waals surface area contributed by atoms with Crippen molar-refractivity contribution in [3.8, 4) is 0 Å². The first kappa shape index (κ1) is 10.7. The number of aromatic nitrogens is 1. The Morgan fingerprint density at radius 1 is 1.46 bits per heavy atom. The molecule has 1 rings (SSSR count). The third-order valence-corrected chi connectivity index (χ3v) is 3.50. The third-order valence-electron chi connectivity index (χ3n) is 2.36. The molecule has 0 N–H and O–H groups in total. The van der Waals surface area contributed by atoms with E-state index in [0.717, 1.165) is 5.92 Å². The van der Waals surface area contributed by atoms with Crippen LogP contribution in [0.25, 0.3) is 0 Å². The molecular formula is C11H19NS. The van der Waals surface area contributed by atoms with Gasteiger partial charge in [-0.05, 0) is 12.3 Å². The van der Waals surface area contributed by atoms with Crippen molar-refractivity contribution in [2.24, 2.45) is 5.92 Å². The van der Waals surface area contributed by atoms with E-state index in [2.05, 4.69) is 38.1 Å². The minimum Gasteiger partial charge on any atom is -0.249 e. The van der Waals surface area contributed by atoms with Gasteiger partial charge in [0.2, 0.25) is 0 Å². The van der Waals surface area contributed by atoms with Crippen molar-refractivity contribution in [3.05, 3.63) is 16.6 Å². The average Bonchev–Trinajstić information content (AvgIpc) is 2.53. The number of hydrogen-bond donors (Lipinski definition) is 0. The van der Waals surface area contributed by atoms with Crippen molar-refractivity contribution in [3.63, 3.8) is 0 Å². The van der Waals surface area contributed by atoms with Gasteiger partial charge in [-0.25, -0.2) is 4.98 Å². The van der Waals surface area contributed by atoms with Gasteiger partial charge in [0.05, 0.1) is 5.01 Å². The Hall–Kier alpha value is -0.370. The highest BCUT2D eigenvalue weighted by molar-refractivity contribution is 7.09. The van der Waals surface area contributed by atoms with E-state index in [1.807, 2.05) is 6.20 Å². The highest BCUT2D eigenvalue weighted by atomic mass is 32.1. The molecule has 1 heterocycles. The fraction of sp³-hybridized carbons (Fsp3) is 0.727. The Morgan fingerprint density at radius 3 is 2.62 bits per heavy atom. The van der Waals surface area contributed by atoms with E-state index in [9.17, 15) is 0 Å². The summed E-state index contributed by atoms with van der Waals surface area (Å²) in [5, 5.41) is 3.33. The van der Waals surface area contributed by atoms with Crippen molar-refractivity contribution < 1.29 is 0 Å². The molecule has 0 radical (unpaired) electrons. The zero-order valence-corrected chi connectivity index (χ0v) is 9.82. The molecule has 0 aromatic carbocycles. The Kier molecular flexibility index (Phi) is 3.48. The highest BCUT2D eigenvalue weighted by Crippen LogP contribution is 2.30. The minimum absolute atomic E-state index is 0.262. The monoisotopic (exact) mass is 197 g/mol. The smallest absolute Gasteiger partial charge is 0.0981 e. The van der Waals surface area contributed by atoms with E-state index in [1.54, 1.807) is 11.3 Å². The van der Waals surface area contributed by atoms with Crippen LogP contribution in [0.3, 0.4) is 0 Å². The van der Waals surface area contributed by atoms with E-state index in [1.165, 1.54) is 17.8 Å². The van der Waals surface area contributed by atoms with Gasteiger partial charge in [0.1, 0.15) is 0 Å². The summed E-state index contributed by atoms with van der Waals surface area (Å²) in [5.41, 5.74) is 0.262. The first-order valence-electron chi connectivity index (χ1n) is 4.92. The maximum atomic E-state index is 4.38. The summed E-state index contributed by atoms with van der Waals surface area (Å²) in [6.07, 6.45) is 4.42. The molecule has 0 saturated heterocycles. The molecule has 13 heavy (non-hydrogen) atoms. The molecule has 0 aliphatic heterocycles. The van der Waals surface area contributed by atoms with E-state index < -0.39 is 0 Å². The van der Waals surface area contributed by atoms with Crippen LogP contribution in [0, 0.1) is 5.92 Å². The van der Waals surface area contributed by atoms with Crippen molar-refractivity contribution in [2.45, 2.75) is 46.0 Å². The van der Waals surface area contributed by atoms with Gasteiger partial charge in [0, 0.05) is 17.0 Å². The molecule has 0 fully saturated rings. The largest absolute Gasteiger partial charge is 0.249 e. The van der Waals surface area contributed by atoms with E-state index >= 15 is 0 Å². The molecule has 0 saturated carbocycles. The maximum absolute atomic E-state index is 4.38. The second kappa shape index (κ2) is 4.23. The van der Waals surface area contributed by atoms with Crippen LogP contribution < -0.4 is 0 Å². The molecule has 0 bridgehead atoms. The van der Waals surface area contributed by atoms with Crippen LogP contribution in [-0.2, 0) is 5.41 Å². The summed E-state index contributed by atoms with van der Waals surface area (Å²) >= 11 is 1.77. The van der Waals surface area contributed by atoms with Crippen LogP contribution in [0.5, 0.6) is 0 Å². The lowest BCUT2D eigenvalue weighted by atomic mass is 9.86. The molecular weight excluding hydrogens is 178 g/mol. The SMILES string of the molecule is CC(C)CCC(C)(C)c1nccs1. The summed E-state index contributed by atoms with van der Waals surface area (Å²) in [6, 6.07) is 0. The highest BCUT2D eigenvalue weighted by Gasteiger charge is 2.22. The van der Waals surface area contributed by atoms with Gasteiger partial charge in [-0.15, -0.1) is 11.3 Å². The first-order valence-corrected chi connectivity index (χ1v) is 5.80. The first-order chi connectivity index (χ1) is 6.02. The summed E-state index contributed by atoms with van der Waals surface area (Å²) in [5.74, 6) is 0.791. The molecule has 0 atom stereocenters. The minimum atomic E-state index is 0.262. The van der Waals surface area contributed by atoms with Gasteiger partial charge in [0.25, 0.3) is 0 Å². The zero-order valence-electron chi connectivity index (χ0n) is 9.00. The zero-order chi connectivity index (χ0) is 9.90. The van der Waals surface area contributed by atoms with Gasteiger partial charge in [-0.1, -0.05) is 34.1 Å². The predicted molar refractivity (Wildman–Crippen MR) is 59.2 cm³/mol. The standard InChI is InChI=1S/C11H19NS/c1-9(2)5-6-11(3,4)10-12-7-8-13-10/h7-9H,5-6H2,1-4H3. The van der Waals surface area contributed by atoms with Crippen LogP contribution in [0.2, 0.25) is 0 Å². The number of rotatable bonds is 4. The molecule has 0 spiro atoms. The molecule has 1 nitrogen and oxygen atoms in total. The summed E-state index contributed by atoms with van der Waals surface area (Å²) in [4.78, 5) is 4.38. The molecule has 2 heteroatoms. The second-order valence-corrected chi connectivity index (χ2v) is 5.55. The van der Waals surface area contributed by atoms with Gasteiger partial charge in [-0.2, -0.15) is 0 Å². The van der Waals surface area contributed by atoms with E-state index in [-0.39, 0.29) is 5.41 Å². The fourth-order valence-corrected chi connectivity index (χ4v) is 2.11. The van der Waals surface area contributed by atoms with Crippen LogP contribution in [0.4, 0.5) is 0 Å². The van der Waals surface area contributed by atoms with Gasteiger partial charge in [0.15, 0.2) is 0 Å². The summed E-state index contributed by atoms with van der Waals surface area (Å²) < 4.78 is 0. The Bertz CT molecular complexity index is 237. The van der Waals surface area contributed by atoms with Crippen LogP contribution in [0.15, 0.2) is 11.6 Å². The lowest BCUT2D eigenvalue weighted by molar-refractivity contribution is 0.413. The van der Waals surface area contributed by atoms with Crippen LogP contribution in [0.1, 0.15) is 45.5 Å². The number of hydrogen-bond acceptors (Lipinski definition) is 2. The number of nitrogens with zero attached hydrogens (tertiary/aromatic N) is 1. The Labute approximate surface area is 85.2 Å². The number of thiazole rings is 1. The molecule has 1 aromatic rings. The van der Waals surface area contributed by atoms with Crippen molar-refractivity contribution in [1.82, 2.24) is 4.98 Å². The lowest BCUT2D eigenvalue weighted by Gasteiger charge is -2.22. The quantitative estimate of drug-likeness (QED) is 0.714. The predicted octanol–water partition coefficient (Wildman–Crippen LogP) is 3.86.